The number of para-hydroxylation sites is 1. The van der Waals surface area contributed by atoms with Gasteiger partial charge in [0, 0.05) is 37.8 Å². The standard InChI is InChI=1S/C22H20N2O5/c1-28-16-6-4-5-15(13-16)21(26)23-9-11-24(12-10-23)22(27)20-14-18(25)17-7-2-3-8-19(17)29-20/h2-8,13-14H,9-12H2,1H3. The molecule has 3 aromatic rings. The average Bonchev–Trinajstić information content (AvgIpc) is 2.78. The minimum atomic E-state index is -0.346. The maximum Gasteiger partial charge on any atom is 0.289 e. The van der Waals surface area contributed by atoms with Gasteiger partial charge in [-0.1, -0.05) is 18.2 Å². The van der Waals surface area contributed by atoms with Gasteiger partial charge < -0.3 is 19.0 Å². The smallest absolute Gasteiger partial charge is 0.289 e. The number of rotatable bonds is 3. The first-order chi connectivity index (χ1) is 14.1. The molecule has 2 aromatic carbocycles. The van der Waals surface area contributed by atoms with Crippen molar-refractivity contribution in [2.45, 2.75) is 0 Å². The predicted molar refractivity (Wildman–Crippen MR) is 107 cm³/mol. The van der Waals surface area contributed by atoms with E-state index in [-0.39, 0.29) is 23.0 Å². The monoisotopic (exact) mass is 392 g/mol. The number of piperazine rings is 1. The van der Waals surface area contributed by atoms with Crippen LogP contribution in [0.1, 0.15) is 20.9 Å². The second-order valence-corrected chi connectivity index (χ2v) is 6.79. The first-order valence-corrected chi connectivity index (χ1v) is 9.32. The van der Waals surface area contributed by atoms with Crippen LogP contribution in [0.4, 0.5) is 0 Å². The Labute approximate surface area is 167 Å². The minimum Gasteiger partial charge on any atom is -0.497 e. The molecular formula is C22H20N2O5. The molecule has 7 nitrogen and oxygen atoms in total. The third-order valence-corrected chi connectivity index (χ3v) is 5.02. The molecular weight excluding hydrogens is 372 g/mol. The number of carbonyl (C=O) groups excluding carboxylic acids is 2. The van der Waals surface area contributed by atoms with Gasteiger partial charge in [-0.25, -0.2) is 0 Å². The van der Waals surface area contributed by atoms with Gasteiger partial charge in [-0.15, -0.1) is 0 Å². The summed E-state index contributed by atoms with van der Waals surface area (Å²) in [4.78, 5) is 41.1. The van der Waals surface area contributed by atoms with Crippen molar-refractivity contribution in [1.29, 1.82) is 0 Å². The van der Waals surface area contributed by atoms with E-state index in [4.69, 9.17) is 9.15 Å². The van der Waals surface area contributed by atoms with E-state index in [9.17, 15) is 14.4 Å². The van der Waals surface area contributed by atoms with E-state index in [1.54, 1.807) is 65.4 Å². The molecule has 1 fully saturated rings. The molecule has 0 radical (unpaired) electrons. The van der Waals surface area contributed by atoms with E-state index in [0.29, 0.717) is 48.5 Å². The third kappa shape index (κ3) is 3.71. The molecule has 0 unspecified atom stereocenters. The lowest BCUT2D eigenvalue weighted by Gasteiger charge is -2.34. The molecule has 0 saturated carbocycles. The van der Waals surface area contributed by atoms with E-state index in [1.165, 1.54) is 6.07 Å². The van der Waals surface area contributed by atoms with Crippen molar-refractivity contribution in [1.82, 2.24) is 9.80 Å². The van der Waals surface area contributed by atoms with Crippen LogP contribution in [0.3, 0.4) is 0 Å². The number of hydrogen-bond donors (Lipinski definition) is 0. The summed E-state index contributed by atoms with van der Waals surface area (Å²) in [7, 11) is 1.55. The van der Waals surface area contributed by atoms with E-state index in [2.05, 4.69) is 0 Å². The lowest BCUT2D eigenvalue weighted by molar-refractivity contribution is 0.0518. The summed E-state index contributed by atoms with van der Waals surface area (Å²) in [6, 6.07) is 15.1. The number of benzene rings is 2. The number of carbonyl (C=O) groups is 2. The fraction of sp³-hybridized carbons (Fsp3) is 0.227. The van der Waals surface area contributed by atoms with Crippen LogP contribution in [0.2, 0.25) is 0 Å². The maximum atomic E-state index is 12.8. The zero-order valence-corrected chi connectivity index (χ0v) is 16.0. The third-order valence-electron chi connectivity index (χ3n) is 5.02. The van der Waals surface area contributed by atoms with Gasteiger partial charge in [0.25, 0.3) is 11.8 Å². The zero-order valence-electron chi connectivity index (χ0n) is 16.0. The van der Waals surface area contributed by atoms with Crippen molar-refractivity contribution in [2.75, 3.05) is 33.3 Å². The summed E-state index contributed by atoms with van der Waals surface area (Å²) in [5, 5.41) is 0.442. The maximum absolute atomic E-state index is 12.8. The summed E-state index contributed by atoms with van der Waals surface area (Å²) in [6.45, 7) is 1.54. The summed E-state index contributed by atoms with van der Waals surface area (Å²) < 4.78 is 10.8. The van der Waals surface area contributed by atoms with Crippen molar-refractivity contribution >= 4 is 22.8 Å². The van der Waals surface area contributed by atoms with Gasteiger partial charge in [-0.2, -0.15) is 0 Å². The molecule has 7 heteroatoms. The molecule has 0 bridgehead atoms. The summed E-state index contributed by atoms with van der Waals surface area (Å²) in [6.07, 6.45) is 0. The van der Waals surface area contributed by atoms with Gasteiger partial charge in [-0.3, -0.25) is 14.4 Å². The molecule has 0 aliphatic carbocycles. The summed E-state index contributed by atoms with van der Waals surface area (Å²) in [5.74, 6) is 0.187. The quantitative estimate of drug-likeness (QED) is 0.684. The number of ether oxygens (including phenoxy) is 1. The van der Waals surface area contributed by atoms with E-state index in [0.717, 1.165) is 0 Å². The van der Waals surface area contributed by atoms with Gasteiger partial charge in [0.05, 0.1) is 12.5 Å². The van der Waals surface area contributed by atoms with E-state index < -0.39 is 0 Å². The molecule has 2 heterocycles. The Morgan fingerprint density at radius 2 is 1.59 bits per heavy atom. The topological polar surface area (TPSA) is 80.1 Å². The van der Waals surface area contributed by atoms with Crippen LogP contribution in [0.15, 0.2) is 63.8 Å². The van der Waals surface area contributed by atoms with Crippen molar-refractivity contribution in [3.63, 3.8) is 0 Å². The molecule has 0 atom stereocenters. The number of fused-ring (bicyclic) bond motifs is 1. The molecule has 1 saturated heterocycles. The van der Waals surface area contributed by atoms with E-state index in [1.807, 2.05) is 0 Å². The normalized spacial score (nSPS) is 14.1. The minimum absolute atomic E-state index is 0.0151. The lowest BCUT2D eigenvalue weighted by atomic mass is 10.1. The van der Waals surface area contributed by atoms with Gasteiger partial charge in [0.1, 0.15) is 11.3 Å². The Balaban J connectivity index is 1.46. The number of nitrogens with zero attached hydrogens (tertiary/aromatic N) is 2. The second kappa shape index (κ2) is 7.79. The second-order valence-electron chi connectivity index (χ2n) is 6.79. The molecule has 1 aliphatic rings. The molecule has 4 rings (SSSR count). The molecule has 2 amide bonds. The summed E-state index contributed by atoms with van der Waals surface area (Å²) >= 11 is 0. The SMILES string of the molecule is COc1cccc(C(=O)N2CCN(C(=O)c3cc(=O)c4ccccc4o3)CC2)c1. The highest BCUT2D eigenvalue weighted by atomic mass is 16.5. The van der Waals surface area contributed by atoms with Crippen molar-refractivity contribution in [3.8, 4) is 5.75 Å². The van der Waals surface area contributed by atoms with E-state index >= 15 is 0 Å². The average molecular weight is 392 g/mol. The fourth-order valence-electron chi connectivity index (χ4n) is 3.42. The number of methoxy groups -OCH3 is 1. The van der Waals surface area contributed by atoms with Gasteiger partial charge in [0.2, 0.25) is 0 Å². The van der Waals surface area contributed by atoms with Crippen LogP contribution < -0.4 is 10.2 Å². The Morgan fingerprint density at radius 3 is 2.31 bits per heavy atom. The number of amides is 2. The molecule has 1 aliphatic heterocycles. The van der Waals surface area contributed by atoms with Crippen LogP contribution in [-0.4, -0.2) is 54.9 Å². The predicted octanol–water partition coefficient (Wildman–Crippen LogP) is 2.40. The van der Waals surface area contributed by atoms with Crippen molar-refractivity contribution in [2.24, 2.45) is 0 Å². The van der Waals surface area contributed by atoms with Crippen molar-refractivity contribution < 1.29 is 18.7 Å². The first-order valence-electron chi connectivity index (χ1n) is 9.32. The highest BCUT2D eigenvalue weighted by Crippen LogP contribution is 2.17. The first kappa shape index (κ1) is 18.7. The molecule has 29 heavy (non-hydrogen) atoms. The Hall–Kier alpha value is -3.61. The Morgan fingerprint density at radius 1 is 0.897 bits per heavy atom. The van der Waals surface area contributed by atoms with Crippen LogP contribution in [0.5, 0.6) is 5.75 Å². The Bertz CT molecular complexity index is 1130. The van der Waals surface area contributed by atoms with Crippen LogP contribution >= 0.6 is 0 Å². The lowest BCUT2D eigenvalue weighted by Crippen LogP contribution is -2.50. The molecule has 0 N–H and O–H groups in total. The highest BCUT2D eigenvalue weighted by molar-refractivity contribution is 5.95. The zero-order chi connectivity index (χ0) is 20.4. The van der Waals surface area contributed by atoms with Gasteiger partial charge in [-0.05, 0) is 30.3 Å². The number of hydrogen-bond acceptors (Lipinski definition) is 5. The van der Waals surface area contributed by atoms with Crippen LogP contribution in [0, 0.1) is 0 Å². The Kier molecular flexibility index (Phi) is 5.03. The van der Waals surface area contributed by atoms with Gasteiger partial charge >= 0.3 is 0 Å². The largest absolute Gasteiger partial charge is 0.497 e. The molecule has 0 spiro atoms. The molecule has 148 valence electrons. The molecule has 1 aromatic heterocycles. The fourth-order valence-corrected chi connectivity index (χ4v) is 3.42. The van der Waals surface area contributed by atoms with Crippen LogP contribution in [0.25, 0.3) is 11.0 Å². The van der Waals surface area contributed by atoms with Crippen molar-refractivity contribution in [3.05, 3.63) is 76.1 Å². The van der Waals surface area contributed by atoms with Gasteiger partial charge in [0.15, 0.2) is 11.2 Å². The van der Waals surface area contributed by atoms with Crippen LogP contribution in [-0.2, 0) is 0 Å². The summed E-state index contributed by atoms with van der Waals surface area (Å²) in [5.41, 5.74) is 0.682. The highest BCUT2D eigenvalue weighted by Gasteiger charge is 2.27.